The summed E-state index contributed by atoms with van der Waals surface area (Å²) in [7, 11) is 0. The van der Waals surface area contributed by atoms with E-state index in [9.17, 15) is 0 Å². The predicted molar refractivity (Wildman–Crippen MR) is 84.0 cm³/mol. The van der Waals surface area contributed by atoms with Crippen LogP contribution in [0.25, 0.3) is 0 Å². The van der Waals surface area contributed by atoms with Crippen molar-refractivity contribution < 1.29 is 0 Å². The monoisotopic (exact) mass is 270 g/mol. The highest BCUT2D eigenvalue weighted by Crippen LogP contribution is 2.10. The molecule has 1 aromatic carbocycles. The van der Waals surface area contributed by atoms with Gasteiger partial charge in [0.05, 0.1) is 0 Å². The first kappa shape index (κ1) is 14.3. The van der Waals surface area contributed by atoms with Crippen LogP contribution in [0.5, 0.6) is 0 Å². The lowest BCUT2D eigenvalue weighted by Crippen LogP contribution is -2.19. The summed E-state index contributed by atoms with van der Waals surface area (Å²) in [6.07, 6.45) is 3.82. The van der Waals surface area contributed by atoms with E-state index in [0.717, 1.165) is 25.2 Å². The van der Waals surface area contributed by atoms with Gasteiger partial charge in [0, 0.05) is 18.8 Å². The Morgan fingerprint density at radius 3 is 2.70 bits per heavy atom. The number of benzene rings is 1. The molecule has 0 spiro atoms. The van der Waals surface area contributed by atoms with Crippen molar-refractivity contribution in [2.24, 2.45) is 0 Å². The second-order valence-corrected chi connectivity index (χ2v) is 4.93. The van der Waals surface area contributed by atoms with Gasteiger partial charge in [0.25, 0.3) is 0 Å². The summed E-state index contributed by atoms with van der Waals surface area (Å²) in [6, 6.07) is 12.7. The van der Waals surface area contributed by atoms with Crippen molar-refractivity contribution in [2.75, 3.05) is 17.2 Å². The number of anilines is 2. The Morgan fingerprint density at radius 2 is 1.95 bits per heavy atom. The van der Waals surface area contributed by atoms with Crippen LogP contribution >= 0.6 is 0 Å². The van der Waals surface area contributed by atoms with Crippen molar-refractivity contribution in [3.63, 3.8) is 0 Å². The lowest BCUT2D eigenvalue weighted by Gasteiger charge is -2.15. The van der Waals surface area contributed by atoms with Crippen molar-refractivity contribution >= 4 is 11.8 Å². The van der Waals surface area contributed by atoms with Crippen LogP contribution in [-0.2, 0) is 6.42 Å². The van der Waals surface area contributed by atoms with Crippen molar-refractivity contribution in [3.8, 4) is 0 Å². The van der Waals surface area contributed by atoms with Crippen LogP contribution in [0.4, 0.5) is 11.8 Å². The second kappa shape index (κ2) is 7.48. The van der Waals surface area contributed by atoms with E-state index in [1.54, 1.807) is 6.20 Å². The normalized spacial score (nSPS) is 11.9. The summed E-state index contributed by atoms with van der Waals surface area (Å²) < 4.78 is 0. The Labute approximate surface area is 120 Å². The first-order valence-electron chi connectivity index (χ1n) is 7.15. The maximum Gasteiger partial charge on any atom is 0.224 e. The van der Waals surface area contributed by atoms with E-state index in [4.69, 9.17) is 0 Å². The Hall–Kier alpha value is -2.10. The number of hydrogen-bond acceptors (Lipinski definition) is 4. The third kappa shape index (κ3) is 4.53. The van der Waals surface area contributed by atoms with Crippen LogP contribution in [0.1, 0.15) is 25.8 Å². The second-order valence-electron chi connectivity index (χ2n) is 4.93. The largest absolute Gasteiger partial charge is 0.367 e. The average molecular weight is 270 g/mol. The van der Waals surface area contributed by atoms with Gasteiger partial charge in [-0.05, 0) is 31.4 Å². The molecule has 0 aliphatic rings. The molecule has 2 N–H and O–H groups in total. The van der Waals surface area contributed by atoms with Gasteiger partial charge in [0.15, 0.2) is 0 Å². The molecule has 0 fully saturated rings. The molecule has 1 unspecified atom stereocenters. The molecule has 0 saturated carbocycles. The third-order valence-electron chi connectivity index (χ3n) is 2.97. The van der Waals surface area contributed by atoms with Gasteiger partial charge < -0.3 is 10.6 Å². The van der Waals surface area contributed by atoms with Crippen LogP contribution in [0.3, 0.4) is 0 Å². The molecule has 20 heavy (non-hydrogen) atoms. The van der Waals surface area contributed by atoms with Gasteiger partial charge in [0.1, 0.15) is 5.82 Å². The molecule has 4 nitrogen and oxygen atoms in total. The van der Waals surface area contributed by atoms with E-state index < -0.39 is 0 Å². The standard InChI is InChI=1S/C16H22N4/c1-3-10-17-16-18-11-9-15(20-16)19-13(2)12-14-7-5-4-6-8-14/h4-9,11,13H,3,10,12H2,1-2H3,(H2,17,18,19,20). The van der Waals surface area contributed by atoms with Gasteiger partial charge in [-0.1, -0.05) is 37.3 Å². The Balaban J connectivity index is 1.92. The molecule has 0 aliphatic carbocycles. The van der Waals surface area contributed by atoms with Gasteiger partial charge in [-0.3, -0.25) is 0 Å². The average Bonchev–Trinajstić information content (AvgIpc) is 2.46. The van der Waals surface area contributed by atoms with Gasteiger partial charge in [-0.25, -0.2) is 4.98 Å². The van der Waals surface area contributed by atoms with Gasteiger partial charge in [-0.15, -0.1) is 0 Å². The smallest absolute Gasteiger partial charge is 0.224 e. The minimum atomic E-state index is 0.325. The van der Waals surface area contributed by atoms with Crippen LogP contribution in [-0.4, -0.2) is 22.6 Å². The van der Waals surface area contributed by atoms with Crippen molar-refractivity contribution in [1.82, 2.24) is 9.97 Å². The quantitative estimate of drug-likeness (QED) is 0.810. The van der Waals surface area contributed by atoms with Crippen molar-refractivity contribution in [3.05, 3.63) is 48.2 Å². The van der Waals surface area contributed by atoms with Crippen LogP contribution in [0.15, 0.2) is 42.6 Å². The number of rotatable bonds is 7. The fourth-order valence-electron chi connectivity index (χ4n) is 2.03. The van der Waals surface area contributed by atoms with Crippen LogP contribution in [0.2, 0.25) is 0 Å². The van der Waals surface area contributed by atoms with Gasteiger partial charge >= 0.3 is 0 Å². The minimum absolute atomic E-state index is 0.325. The fraction of sp³-hybridized carbons (Fsp3) is 0.375. The Bertz CT molecular complexity index is 513. The molecule has 106 valence electrons. The van der Waals surface area contributed by atoms with Gasteiger partial charge in [0.2, 0.25) is 5.95 Å². The van der Waals surface area contributed by atoms with Crippen molar-refractivity contribution in [1.29, 1.82) is 0 Å². The molecule has 1 aromatic heterocycles. The number of aromatic nitrogens is 2. The Morgan fingerprint density at radius 1 is 1.15 bits per heavy atom. The molecule has 0 amide bonds. The maximum absolute atomic E-state index is 4.46. The van der Waals surface area contributed by atoms with E-state index in [1.165, 1.54) is 5.56 Å². The van der Waals surface area contributed by atoms with E-state index >= 15 is 0 Å². The molecule has 0 saturated heterocycles. The molecule has 1 atom stereocenters. The fourth-order valence-corrected chi connectivity index (χ4v) is 2.03. The Kier molecular flexibility index (Phi) is 5.35. The highest BCUT2D eigenvalue weighted by Gasteiger charge is 2.05. The van der Waals surface area contributed by atoms with Crippen molar-refractivity contribution in [2.45, 2.75) is 32.7 Å². The van der Waals surface area contributed by atoms with E-state index in [2.05, 4.69) is 58.7 Å². The zero-order valence-electron chi connectivity index (χ0n) is 12.1. The van der Waals surface area contributed by atoms with E-state index in [1.807, 2.05) is 12.1 Å². The van der Waals surface area contributed by atoms with Gasteiger partial charge in [-0.2, -0.15) is 4.98 Å². The first-order chi connectivity index (χ1) is 9.78. The summed E-state index contributed by atoms with van der Waals surface area (Å²) >= 11 is 0. The molecule has 2 aromatic rings. The SMILES string of the molecule is CCCNc1nccc(NC(C)Cc2ccccc2)n1. The van der Waals surface area contributed by atoms with Crippen LogP contribution < -0.4 is 10.6 Å². The topological polar surface area (TPSA) is 49.8 Å². The lowest BCUT2D eigenvalue weighted by atomic mass is 10.1. The highest BCUT2D eigenvalue weighted by molar-refractivity contribution is 5.40. The van der Waals surface area contributed by atoms with E-state index in [-0.39, 0.29) is 0 Å². The van der Waals surface area contributed by atoms with Crippen LogP contribution in [0, 0.1) is 0 Å². The number of nitrogens with one attached hydrogen (secondary N) is 2. The summed E-state index contributed by atoms with van der Waals surface area (Å²) in [5, 5.41) is 6.61. The molecular formula is C16H22N4. The zero-order valence-corrected chi connectivity index (χ0v) is 12.1. The summed E-state index contributed by atoms with van der Waals surface area (Å²) in [4.78, 5) is 8.66. The molecule has 1 heterocycles. The minimum Gasteiger partial charge on any atom is -0.367 e. The molecule has 0 bridgehead atoms. The maximum atomic E-state index is 4.46. The summed E-state index contributed by atoms with van der Waals surface area (Å²) in [5.74, 6) is 1.55. The molecule has 0 aliphatic heterocycles. The lowest BCUT2D eigenvalue weighted by molar-refractivity contribution is 0.783. The molecule has 4 heteroatoms. The molecular weight excluding hydrogens is 248 g/mol. The van der Waals surface area contributed by atoms with E-state index in [0.29, 0.717) is 12.0 Å². The third-order valence-corrected chi connectivity index (χ3v) is 2.97. The first-order valence-corrected chi connectivity index (χ1v) is 7.15. The highest BCUT2D eigenvalue weighted by atomic mass is 15.1. The zero-order chi connectivity index (χ0) is 14.2. The number of nitrogens with zero attached hydrogens (tertiary/aromatic N) is 2. The summed E-state index contributed by atoms with van der Waals surface area (Å²) in [6.45, 7) is 5.17. The molecule has 0 radical (unpaired) electrons. The predicted octanol–water partition coefficient (Wildman–Crippen LogP) is 3.34. The summed E-state index contributed by atoms with van der Waals surface area (Å²) in [5.41, 5.74) is 1.32. The molecule has 2 rings (SSSR count). The number of hydrogen-bond donors (Lipinski definition) is 2.